The Bertz CT molecular complexity index is 1210. The molecular formula is C27H36N4O4S. The van der Waals surface area contributed by atoms with E-state index in [1.165, 1.54) is 27.6 Å². The quantitative estimate of drug-likeness (QED) is 0.504. The summed E-state index contributed by atoms with van der Waals surface area (Å²) in [5.41, 5.74) is 4.48. The summed E-state index contributed by atoms with van der Waals surface area (Å²) >= 11 is 0. The lowest BCUT2D eigenvalue weighted by Gasteiger charge is -2.34. The molecule has 9 heteroatoms. The third-order valence-electron chi connectivity index (χ3n) is 6.86. The zero-order valence-electron chi connectivity index (χ0n) is 21.2. The molecule has 0 radical (unpaired) electrons. The first-order valence-corrected chi connectivity index (χ1v) is 14.1. The van der Waals surface area contributed by atoms with Gasteiger partial charge >= 0.3 is 0 Å². The topological polar surface area (TPSA) is 108 Å². The van der Waals surface area contributed by atoms with Crippen LogP contribution in [-0.2, 0) is 32.6 Å². The summed E-state index contributed by atoms with van der Waals surface area (Å²) in [7, 11) is -3.92. The number of rotatable bonds is 8. The van der Waals surface area contributed by atoms with Gasteiger partial charge in [-0.15, -0.1) is 0 Å². The van der Waals surface area contributed by atoms with Gasteiger partial charge < -0.3 is 16.0 Å². The molecule has 2 aliphatic rings. The first-order valence-electron chi connectivity index (χ1n) is 12.7. The molecule has 1 aliphatic heterocycles. The Kier molecular flexibility index (Phi) is 8.12. The second-order valence-corrected chi connectivity index (χ2v) is 11.9. The molecule has 8 nitrogen and oxygen atoms in total. The Labute approximate surface area is 213 Å². The van der Waals surface area contributed by atoms with E-state index in [0.717, 1.165) is 36.9 Å². The molecule has 0 aromatic heterocycles. The number of hydrogen-bond donors (Lipinski definition) is 3. The van der Waals surface area contributed by atoms with Gasteiger partial charge in [-0.3, -0.25) is 9.59 Å². The van der Waals surface area contributed by atoms with Crippen LogP contribution in [0.5, 0.6) is 0 Å². The Morgan fingerprint density at radius 3 is 2.64 bits per heavy atom. The molecule has 2 amide bonds. The van der Waals surface area contributed by atoms with E-state index in [-0.39, 0.29) is 36.4 Å². The average Bonchev–Trinajstić information content (AvgIpc) is 2.84. The molecule has 1 fully saturated rings. The summed E-state index contributed by atoms with van der Waals surface area (Å²) in [5, 5.41) is 9.22. The first kappa shape index (κ1) is 26.3. The first-order chi connectivity index (χ1) is 17.1. The number of carbonyl (C=O) groups excluding carboxylic acids is 2. The molecule has 4 rings (SSSR count). The van der Waals surface area contributed by atoms with Crippen molar-refractivity contribution >= 4 is 21.8 Å². The number of sulfonamides is 1. The fourth-order valence-electron chi connectivity index (χ4n) is 4.90. The van der Waals surface area contributed by atoms with Crippen LogP contribution in [0.3, 0.4) is 0 Å². The smallest absolute Gasteiger partial charge is 0.243 e. The summed E-state index contributed by atoms with van der Waals surface area (Å²) in [4.78, 5) is 25.9. The molecule has 36 heavy (non-hydrogen) atoms. The molecular weight excluding hydrogens is 476 g/mol. The number of piperazine rings is 1. The molecule has 2 atom stereocenters. The van der Waals surface area contributed by atoms with Crippen LogP contribution in [0.4, 0.5) is 0 Å². The minimum atomic E-state index is -3.92. The summed E-state index contributed by atoms with van der Waals surface area (Å²) in [6, 6.07) is 12.1. The highest BCUT2D eigenvalue weighted by atomic mass is 32.2. The number of aryl methyl sites for hydroxylation is 2. The maximum absolute atomic E-state index is 13.3. The predicted molar refractivity (Wildman–Crippen MR) is 139 cm³/mol. The summed E-state index contributed by atoms with van der Waals surface area (Å²) in [6.45, 7) is 7.24. The SMILES string of the molecule is Cc1ccc(S(=O)(=O)N2CCNC(=O)[C@@H]2CC(=O)N[C@@H]2CCCc3cc(CNC(C)C)ccc32)cc1. The van der Waals surface area contributed by atoms with Crippen LogP contribution in [0, 0.1) is 6.92 Å². The van der Waals surface area contributed by atoms with Crippen molar-refractivity contribution in [1.82, 2.24) is 20.3 Å². The van der Waals surface area contributed by atoms with Crippen LogP contribution in [0.15, 0.2) is 47.4 Å². The van der Waals surface area contributed by atoms with Gasteiger partial charge in [0.15, 0.2) is 0 Å². The van der Waals surface area contributed by atoms with E-state index in [0.29, 0.717) is 6.04 Å². The Morgan fingerprint density at radius 2 is 1.92 bits per heavy atom. The summed E-state index contributed by atoms with van der Waals surface area (Å²) in [5.74, 6) is -0.775. The van der Waals surface area contributed by atoms with E-state index < -0.39 is 22.0 Å². The molecule has 1 aliphatic carbocycles. The lowest BCUT2D eigenvalue weighted by Crippen LogP contribution is -2.58. The van der Waals surface area contributed by atoms with E-state index in [9.17, 15) is 18.0 Å². The Balaban J connectivity index is 1.47. The van der Waals surface area contributed by atoms with Crippen molar-refractivity contribution in [2.24, 2.45) is 0 Å². The third-order valence-corrected chi connectivity index (χ3v) is 8.78. The number of nitrogens with one attached hydrogen (secondary N) is 3. The van der Waals surface area contributed by atoms with Gasteiger partial charge in [-0.25, -0.2) is 8.42 Å². The standard InChI is InChI=1S/C27H36N4O4S/c1-18(2)29-17-20-9-12-23-21(15-20)5-4-6-24(23)30-26(32)16-25-27(33)28-13-14-31(25)36(34,35)22-10-7-19(3)8-11-22/h7-12,15,18,24-25,29H,4-6,13-14,16-17H2,1-3H3,(H,28,33)(H,30,32)/t24-,25+/m1/s1. The Morgan fingerprint density at radius 1 is 1.17 bits per heavy atom. The minimum absolute atomic E-state index is 0.122. The maximum atomic E-state index is 13.3. The number of hydrogen-bond acceptors (Lipinski definition) is 5. The van der Waals surface area contributed by atoms with Crippen molar-refractivity contribution in [3.05, 3.63) is 64.7 Å². The van der Waals surface area contributed by atoms with Gasteiger partial charge in [-0.1, -0.05) is 49.7 Å². The average molecular weight is 513 g/mol. The van der Waals surface area contributed by atoms with Crippen LogP contribution >= 0.6 is 0 Å². The lowest BCUT2D eigenvalue weighted by atomic mass is 9.86. The van der Waals surface area contributed by atoms with Crippen LogP contribution in [0.25, 0.3) is 0 Å². The fourth-order valence-corrected chi connectivity index (χ4v) is 6.49. The summed E-state index contributed by atoms with van der Waals surface area (Å²) < 4.78 is 27.8. The molecule has 0 unspecified atom stereocenters. The molecule has 1 saturated heterocycles. The number of carbonyl (C=O) groups is 2. The zero-order valence-corrected chi connectivity index (χ0v) is 22.0. The van der Waals surface area contributed by atoms with E-state index in [1.807, 2.05) is 6.92 Å². The van der Waals surface area contributed by atoms with E-state index in [4.69, 9.17) is 0 Å². The monoisotopic (exact) mass is 512 g/mol. The molecule has 1 heterocycles. The van der Waals surface area contributed by atoms with E-state index in [1.54, 1.807) is 12.1 Å². The van der Waals surface area contributed by atoms with Gasteiger partial charge in [0, 0.05) is 25.7 Å². The van der Waals surface area contributed by atoms with Crippen molar-refractivity contribution < 1.29 is 18.0 Å². The zero-order chi connectivity index (χ0) is 25.9. The van der Waals surface area contributed by atoms with E-state index >= 15 is 0 Å². The van der Waals surface area contributed by atoms with Crippen LogP contribution in [0.1, 0.15) is 61.4 Å². The minimum Gasteiger partial charge on any atom is -0.353 e. The highest BCUT2D eigenvalue weighted by Crippen LogP contribution is 2.31. The van der Waals surface area contributed by atoms with Gasteiger partial charge in [-0.2, -0.15) is 4.31 Å². The van der Waals surface area contributed by atoms with Gasteiger partial charge in [0.05, 0.1) is 17.4 Å². The number of benzene rings is 2. The highest BCUT2D eigenvalue weighted by Gasteiger charge is 2.40. The highest BCUT2D eigenvalue weighted by molar-refractivity contribution is 7.89. The van der Waals surface area contributed by atoms with Gasteiger partial charge in [0.25, 0.3) is 0 Å². The van der Waals surface area contributed by atoms with Gasteiger partial charge in [0.2, 0.25) is 21.8 Å². The van der Waals surface area contributed by atoms with Crippen LogP contribution in [0.2, 0.25) is 0 Å². The van der Waals surface area contributed by atoms with Gasteiger partial charge in [-0.05, 0) is 55.0 Å². The van der Waals surface area contributed by atoms with E-state index in [2.05, 4.69) is 48.0 Å². The number of amides is 2. The molecule has 194 valence electrons. The predicted octanol–water partition coefficient (Wildman–Crippen LogP) is 2.57. The molecule has 3 N–H and O–H groups in total. The number of fused-ring (bicyclic) bond motifs is 1. The fraction of sp³-hybridized carbons (Fsp3) is 0.481. The lowest BCUT2D eigenvalue weighted by molar-refractivity contribution is -0.132. The van der Waals surface area contributed by atoms with Crippen LogP contribution < -0.4 is 16.0 Å². The molecule has 0 saturated carbocycles. The van der Waals surface area contributed by atoms with Crippen molar-refractivity contribution in [3.8, 4) is 0 Å². The maximum Gasteiger partial charge on any atom is 0.243 e. The van der Waals surface area contributed by atoms with Crippen LogP contribution in [-0.4, -0.2) is 49.7 Å². The second-order valence-electron chi connectivity index (χ2n) is 10.0. The molecule has 0 spiro atoms. The van der Waals surface area contributed by atoms with Crippen molar-refractivity contribution in [2.45, 2.75) is 76.0 Å². The molecule has 0 bridgehead atoms. The summed E-state index contributed by atoms with van der Waals surface area (Å²) in [6.07, 6.45) is 2.51. The number of nitrogens with zero attached hydrogens (tertiary/aromatic N) is 1. The Hall–Kier alpha value is -2.75. The third kappa shape index (κ3) is 5.96. The van der Waals surface area contributed by atoms with Gasteiger partial charge in [0.1, 0.15) is 6.04 Å². The molecule has 2 aromatic carbocycles. The van der Waals surface area contributed by atoms with Crippen molar-refractivity contribution in [1.29, 1.82) is 0 Å². The van der Waals surface area contributed by atoms with Crippen molar-refractivity contribution in [3.63, 3.8) is 0 Å². The molecule has 2 aromatic rings. The second kappa shape index (κ2) is 11.1. The van der Waals surface area contributed by atoms with Crippen molar-refractivity contribution in [2.75, 3.05) is 13.1 Å². The normalized spacial score (nSPS) is 20.6. The largest absolute Gasteiger partial charge is 0.353 e.